The summed E-state index contributed by atoms with van der Waals surface area (Å²) in [5, 5.41) is 14.2. The van der Waals surface area contributed by atoms with Gasteiger partial charge in [-0.15, -0.1) is 0 Å². The van der Waals surface area contributed by atoms with E-state index in [1.54, 1.807) is 38.2 Å². The van der Waals surface area contributed by atoms with Crippen LogP contribution in [0.25, 0.3) is 16.6 Å². The molecule has 230 valence electrons. The van der Waals surface area contributed by atoms with Crippen LogP contribution < -0.4 is 20.3 Å². The highest BCUT2D eigenvalue weighted by molar-refractivity contribution is 6.34. The molecule has 0 atom stereocenters. The van der Waals surface area contributed by atoms with Gasteiger partial charge in [0.25, 0.3) is 11.5 Å². The largest absolute Gasteiger partial charge is 0.486 e. The molecule has 0 saturated heterocycles. The SMILES string of the molecule is CC(C)(O)CCc1cc2nccc(Cc3ccc(NC(=O)c4cccn(-c5ccc(F)cc5)c4=O)c(Cl)c3)c2c2c1OCCO2. The van der Waals surface area contributed by atoms with Crippen molar-refractivity contribution in [2.45, 2.75) is 38.7 Å². The molecule has 0 radical (unpaired) electrons. The summed E-state index contributed by atoms with van der Waals surface area (Å²) in [5.74, 6) is 0.292. The van der Waals surface area contributed by atoms with Crippen molar-refractivity contribution < 1.29 is 23.8 Å². The summed E-state index contributed by atoms with van der Waals surface area (Å²) in [6, 6.07) is 17.7. The molecule has 5 aromatic rings. The average Bonchev–Trinajstić information content (AvgIpc) is 3.01. The zero-order valence-corrected chi connectivity index (χ0v) is 25.5. The van der Waals surface area contributed by atoms with Gasteiger partial charge in [0.2, 0.25) is 0 Å². The van der Waals surface area contributed by atoms with Crippen LogP contribution in [-0.4, -0.2) is 39.4 Å². The van der Waals surface area contributed by atoms with Crippen molar-refractivity contribution in [2.24, 2.45) is 0 Å². The van der Waals surface area contributed by atoms with Crippen LogP contribution in [0.5, 0.6) is 11.5 Å². The summed E-state index contributed by atoms with van der Waals surface area (Å²) in [7, 11) is 0. The Morgan fingerprint density at radius 2 is 1.80 bits per heavy atom. The molecule has 2 N–H and O–H groups in total. The fourth-order valence-electron chi connectivity index (χ4n) is 5.39. The first-order valence-electron chi connectivity index (χ1n) is 14.6. The first-order chi connectivity index (χ1) is 21.6. The molecular weight excluding hydrogens is 597 g/mol. The smallest absolute Gasteiger partial charge is 0.267 e. The number of amides is 1. The van der Waals surface area contributed by atoms with Crippen molar-refractivity contribution in [2.75, 3.05) is 18.5 Å². The van der Waals surface area contributed by atoms with E-state index in [0.717, 1.165) is 27.6 Å². The van der Waals surface area contributed by atoms with Crippen molar-refractivity contribution in [3.05, 3.63) is 123 Å². The van der Waals surface area contributed by atoms with Gasteiger partial charge in [-0.25, -0.2) is 4.39 Å². The number of aliphatic hydroxyl groups is 1. The Balaban J connectivity index is 1.25. The fourth-order valence-corrected chi connectivity index (χ4v) is 5.64. The number of carbonyl (C=O) groups excluding carboxylic acids is 1. The molecule has 3 heterocycles. The van der Waals surface area contributed by atoms with E-state index in [4.69, 9.17) is 21.1 Å². The van der Waals surface area contributed by atoms with Gasteiger partial charge < -0.3 is 19.9 Å². The summed E-state index contributed by atoms with van der Waals surface area (Å²) in [6.07, 6.45) is 4.95. The van der Waals surface area contributed by atoms with Crippen molar-refractivity contribution in [1.82, 2.24) is 9.55 Å². The van der Waals surface area contributed by atoms with Crippen LogP contribution in [0.1, 0.15) is 47.3 Å². The lowest BCUT2D eigenvalue weighted by atomic mass is 9.94. The molecule has 0 spiro atoms. The zero-order valence-electron chi connectivity index (χ0n) is 24.8. The topological polar surface area (TPSA) is 103 Å². The monoisotopic (exact) mass is 627 g/mol. The minimum absolute atomic E-state index is 0.0841. The molecule has 1 amide bonds. The number of aryl methyl sites for hydroxylation is 1. The molecule has 0 unspecified atom stereocenters. The van der Waals surface area contributed by atoms with Gasteiger partial charge in [0.05, 0.1) is 21.8 Å². The third-order valence-electron chi connectivity index (χ3n) is 7.66. The molecule has 0 bridgehead atoms. The van der Waals surface area contributed by atoms with Crippen LogP contribution >= 0.6 is 11.6 Å². The van der Waals surface area contributed by atoms with Crippen LogP contribution in [0, 0.1) is 5.82 Å². The van der Waals surface area contributed by atoms with Crippen molar-refractivity contribution >= 4 is 34.1 Å². The van der Waals surface area contributed by atoms with Gasteiger partial charge in [-0.1, -0.05) is 17.7 Å². The van der Waals surface area contributed by atoms with Crippen molar-refractivity contribution in [3.8, 4) is 17.2 Å². The maximum absolute atomic E-state index is 13.4. The highest BCUT2D eigenvalue weighted by atomic mass is 35.5. The van der Waals surface area contributed by atoms with E-state index < -0.39 is 22.9 Å². The van der Waals surface area contributed by atoms with Gasteiger partial charge in [0, 0.05) is 29.0 Å². The quantitative estimate of drug-likeness (QED) is 0.204. The third-order valence-corrected chi connectivity index (χ3v) is 7.97. The zero-order chi connectivity index (χ0) is 31.7. The second-order valence-electron chi connectivity index (χ2n) is 11.6. The predicted molar refractivity (Wildman–Crippen MR) is 172 cm³/mol. The predicted octanol–water partition coefficient (Wildman–Crippen LogP) is 6.50. The number of fused-ring (bicyclic) bond motifs is 3. The number of aromatic nitrogens is 2. The molecule has 45 heavy (non-hydrogen) atoms. The standard InChI is InChI=1S/C35H31ClFN3O5/c1-35(2,43)13-11-23-20-29-30(32-31(23)44-16-17-45-32)22(12-14-38-29)18-21-5-10-28(27(36)19-21)39-33(41)26-4-3-15-40(34(26)42)25-8-6-24(37)7-9-25/h3-10,12,14-15,19-20,43H,11,13,16-18H2,1-2H3,(H,39,41). The summed E-state index contributed by atoms with van der Waals surface area (Å²) < 4.78 is 26.8. The van der Waals surface area contributed by atoms with Gasteiger partial charge in [0.1, 0.15) is 24.6 Å². The van der Waals surface area contributed by atoms with Crippen LogP contribution in [0.15, 0.2) is 83.9 Å². The number of anilines is 1. The summed E-state index contributed by atoms with van der Waals surface area (Å²) in [5.41, 5.74) is 2.91. The van der Waals surface area contributed by atoms with E-state index in [2.05, 4.69) is 10.3 Å². The van der Waals surface area contributed by atoms with Crippen molar-refractivity contribution in [3.63, 3.8) is 0 Å². The first-order valence-corrected chi connectivity index (χ1v) is 14.9. The Hall–Kier alpha value is -4.73. The van der Waals surface area contributed by atoms with Crippen LogP contribution in [-0.2, 0) is 12.8 Å². The van der Waals surface area contributed by atoms with Gasteiger partial charge in [-0.3, -0.25) is 19.1 Å². The van der Waals surface area contributed by atoms with E-state index in [9.17, 15) is 19.1 Å². The summed E-state index contributed by atoms with van der Waals surface area (Å²) >= 11 is 6.62. The molecule has 3 aromatic carbocycles. The Bertz CT molecular complexity index is 1970. The Labute approximate surface area is 264 Å². The first kappa shape index (κ1) is 30.3. The van der Waals surface area contributed by atoms with Gasteiger partial charge in [-0.2, -0.15) is 0 Å². The van der Waals surface area contributed by atoms with Gasteiger partial charge in [-0.05, 0) is 105 Å². The van der Waals surface area contributed by atoms with Crippen LogP contribution in [0.2, 0.25) is 5.02 Å². The normalized spacial score (nSPS) is 12.7. The highest BCUT2D eigenvalue weighted by Gasteiger charge is 2.24. The third kappa shape index (κ3) is 6.55. The number of hydrogen-bond donors (Lipinski definition) is 2. The number of carbonyl (C=O) groups is 1. The van der Waals surface area contributed by atoms with E-state index in [-0.39, 0.29) is 5.56 Å². The Morgan fingerprint density at radius 3 is 2.53 bits per heavy atom. The Kier molecular flexibility index (Phi) is 8.31. The number of hydrogen-bond acceptors (Lipinski definition) is 6. The van der Waals surface area contributed by atoms with E-state index in [0.29, 0.717) is 60.4 Å². The molecule has 1 aliphatic heterocycles. The number of nitrogens with zero attached hydrogens (tertiary/aromatic N) is 2. The van der Waals surface area contributed by atoms with Crippen LogP contribution in [0.3, 0.4) is 0 Å². The highest BCUT2D eigenvalue weighted by Crippen LogP contribution is 2.43. The Morgan fingerprint density at radius 1 is 1.04 bits per heavy atom. The number of halogens is 2. The molecule has 0 saturated carbocycles. The van der Waals surface area contributed by atoms with E-state index in [1.165, 1.54) is 41.1 Å². The minimum atomic E-state index is -0.818. The molecule has 8 nitrogen and oxygen atoms in total. The number of pyridine rings is 2. The van der Waals surface area contributed by atoms with Gasteiger partial charge in [0.15, 0.2) is 11.5 Å². The lowest BCUT2D eigenvalue weighted by Crippen LogP contribution is -2.27. The number of ether oxygens (including phenoxy) is 2. The maximum Gasteiger partial charge on any atom is 0.267 e. The lowest BCUT2D eigenvalue weighted by molar-refractivity contribution is 0.0709. The maximum atomic E-state index is 13.4. The fraction of sp³-hybridized carbons (Fsp3) is 0.229. The summed E-state index contributed by atoms with van der Waals surface area (Å²) in [4.78, 5) is 30.8. The molecular formula is C35H31ClFN3O5. The number of benzene rings is 3. The molecule has 2 aromatic heterocycles. The van der Waals surface area contributed by atoms with E-state index in [1.807, 2.05) is 18.2 Å². The molecule has 6 rings (SSSR count). The lowest BCUT2D eigenvalue weighted by Gasteiger charge is -2.25. The van der Waals surface area contributed by atoms with Crippen LogP contribution in [0.4, 0.5) is 10.1 Å². The molecule has 1 aliphatic rings. The molecule has 10 heteroatoms. The number of nitrogens with one attached hydrogen (secondary N) is 1. The second-order valence-corrected chi connectivity index (χ2v) is 12.0. The second kappa shape index (κ2) is 12.3. The van der Waals surface area contributed by atoms with Gasteiger partial charge >= 0.3 is 0 Å². The molecule has 0 aliphatic carbocycles. The van der Waals surface area contributed by atoms with E-state index >= 15 is 0 Å². The van der Waals surface area contributed by atoms with Crippen molar-refractivity contribution in [1.29, 1.82) is 0 Å². The number of rotatable bonds is 8. The average molecular weight is 628 g/mol. The minimum Gasteiger partial charge on any atom is -0.486 e. The summed E-state index contributed by atoms with van der Waals surface area (Å²) in [6.45, 7) is 4.42. The molecule has 0 fully saturated rings.